The quantitative estimate of drug-likeness (QED) is 0.594. The Morgan fingerprint density at radius 3 is 1.29 bits per heavy atom. The van der Waals surface area contributed by atoms with Gasteiger partial charge < -0.3 is 0 Å². The Morgan fingerprint density at radius 1 is 0.714 bits per heavy atom. The van der Waals surface area contributed by atoms with Crippen molar-refractivity contribution in [1.29, 1.82) is 0 Å². The van der Waals surface area contributed by atoms with Crippen molar-refractivity contribution in [3.05, 3.63) is 71.3 Å². The zero-order valence-electron chi connectivity index (χ0n) is 7.89. The molecule has 0 nitrogen and oxygen atoms in total. The van der Waals surface area contributed by atoms with Crippen LogP contribution < -0.4 is 0 Å². The molecule has 0 unspecified atom stereocenters. The molecule has 0 bridgehead atoms. The summed E-state index contributed by atoms with van der Waals surface area (Å²) in [6.07, 6.45) is 23.1. The van der Waals surface area contributed by atoms with Gasteiger partial charge in [0, 0.05) is 0 Å². The molecule has 0 aromatic carbocycles. The second-order valence-corrected chi connectivity index (χ2v) is 3.43. The minimum atomic E-state index is 1.03. The van der Waals surface area contributed by atoms with Crippen molar-refractivity contribution >= 4 is 0 Å². The molecule has 1 heteroatoms. The number of allylic oxidation sites excluding steroid dienone is 12. The van der Waals surface area contributed by atoms with Crippen LogP contribution in [0.25, 0.3) is 0 Å². The molecule has 0 aromatic rings. The van der Waals surface area contributed by atoms with Crippen molar-refractivity contribution in [2.45, 2.75) is 6.42 Å². The Hall–Kier alpha value is -1.05. The van der Waals surface area contributed by atoms with Crippen molar-refractivity contribution in [3.8, 4) is 0 Å². The Morgan fingerprint density at radius 2 is 1.14 bits per heavy atom. The molecule has 0 atom stereocenters. The van der Waals surface area contributed by atoms with Gasteiger partial charge in [-0.25, -0.2) is 0 Å². The maximum atomic E-state index is 4.14. The van der Waals surface area contributed by atoms with Gasteiger partial charge in [-0.3, -0.25) is 0 Å². The molecule has 0 radical (unpaired) electrons. The summed E-state index contributed by atoms with van der Waals surface area (Å²) in [6.45, 7) is 0. The van der Waals surface area contributed by atoms with Crippen molar-refractivity contribution in [2.24, 2.45) is 0 Å². The normalized spacial score (nSPS) is 26.3. The summed E-state index contributed by atoms with van der Waals surface area (Å²) in [7, 11) is 0. The van der Waals surface area contributed by atoms with Crippen LogP contribution in [0.1, 0.15) is 6.42 Å². The van der Waals surface area contributed by atoms with E-state index in [2.05, 4.69) is 21.8 Å². The Balaban J connectivity index is 0.000000146. The third kappa shape index (κ3) is 5.57. The first-order valence-electron chi connectivity index (χ1n) is 4.55. The Kier molecular flexibility index (Phi) is 5.80. The molecule has 74 valence electrons. The first kappa shape index (κ1) is 11.0. The molecule has 0 spiro atoms. The first-order valence-corrected chi connectivity index (χ1v) is 5.07. The van der Waals surface area contributed by atoms with E-state index in [0.29, 0.717) is 0 Å². The van der Waals surface area contributed by atoms with Gasteiger partial charge in [0.05, 0.1) is 0 Å². The van der Waals surface area contributed by atoms with E-state index in [0.717, 1.165) is 10.9 Å². The molecule has 0 N–H and O–H groups in total. The zero-order chi connectivity index (χ0) is 10.1. The molecule has 0 aromatic heterocycles. The van der Waals surface area contributed by atoms with Gasteiger partial charge in [-0.2, -0.15) is 0 Å². The van der Waals surface area contributed by atoms with Crippen LogP contribution in [0, 0.1) is 0 Å². The van der Waals surface area contributed by atoms with Crippen LogP contribution in [0.2, 0.25) is 0 Å². The Bertz CT molecular complexity index is 269. The van der Waals surface area contributed by atoms with Crippen LogP contribution in [-0.2, 0) is 15.7 Å². The van der Waals surface area contributed by atoms with Crippen LogP contribution in [0.3, 0.4) is 0 Å². The van der Waals surface area contributed by atoms with E-state index in [1.807, 2.05) is 60.8 Å². The van der Waals surface area contributed by atoms with E-state index >= 15 is 0 Å². The summed E-state index contributed by atoms with van der Waals surface area (Å²) in [4.78, 5) is 0. The minimum absolute atomic E-state index is 1.03. The molecule has 2 aliphatic rings. The van der Waals surface area contributed by atoms with E-state index in [4.69, 9.17) is 0 Å². The van der Waals surface area contributed by atoms with Gasteiger partial charge in [-0.05, 0) is 0 Å². The van der Waals surface area contributed by atoms with E-state index in [-0.39, 0.29) is 0 Å². The molecule has 0 saturated carbocycles. The fraction of sp³-hybridized carbons (Fsp3) is 0.0769. The summed E-state index contributed by atoms with van der Waals surface area (Å²) in [6, 6.07) is 0. The van der Waals surface area contributed by atoms with Gasteiger partial charge in [-0.15, -0.1) is 0 Å². The standard InChI is InChI=1S/C8H8.C5H5.Co/c1-2-4-6-8-7-5-3-1;1-2-4-5-3-1;/h1-8H;1-3H,4H2;/b2-1-,3-1?,4-2?,5-3-,6-4-,7-5?,8-6?,8-7-;;. The van der Waals surface area contributed by atoms with Gasteiger partial charge in [0.1, 0.15) is 0 Å². The summed E-state index contributed by atoms with van der Waals surface area (Å²) in [5.41, 5.74) is 0. The Labute approximate surface area is 93.7 Å². The fourth-order valence-corrected chi connectivity index (χ4v) is 1.15. The van der Waals surface area contributed by atoms with E-state index < -0.39 is 0 Å². The monoisotopic (exact) mass is 228 g/mol. The topological polar surface area (TPSA) is 0 Å². The van der Waals surface area contributed by atoms with Crippen LogP contribution in [0.4, 0.5) is 0 Å². The zero-order valence-corrected chi connectivity index (χ0v) is 8.93. The van der Waals surface area contributed by atoms with Crippen molar-refractivity contribution < 1.29 is 15.7 Å². The van der Waals surface area contributed by atoms with E-state index in [9.17, 15) is 0 Å². The molecule has 0 amide bonds. The van der Waals surface area contributed by atoms with Gasteiger partial charge in [0.25, 0.3) is 0 Å². The fourth-order valence-electron chi connectivity index (χ4n) is 0.925. The van der Waals surface area contributed by atoms with Crippen LogP contribution in [-0.4, -0.2) is 0 Å². The van der Waals surface area contributed by atoms with Gasteiger partial charge in [0.15, 0.2) is 0 Å². The van der Waals surface area contributed by atoms with Gasteiger partial charge >= 0.3 is 44.9 Å². The molecule has 0 heterocycles. The van der Waals surface area contributed by atoms with E-state index in [1.165, 1.54) is 0 Å². The molecule has 0 saturated heterocycles. The van der Waals surface area contributed by atoms with Crippen LogP contribution in [0.5, 0.6) is 0 Å². The molecule has 0 aliphatic heterocycles. The molecule has 2 rings (SSSR count). The average Bonchev–Trinajstić information content (AvgIpc) is 2.55. The van der Waals surface area contributed by atoms with Crippen molar-refractivity contribution in [1.82, 2.24) is 0 Å². The molecule has 2 aliphatic carbocycles. The van der Waals surface area contributed by atoms with Crippen molar-refractivity contribution in [3.63, 3.8) is 0 Å². The van der Waals surface area contributed by atoms with Crippen molar-refractivity contribution in [2.75, 3.05) is 0 Å². The summed E-state index contributed by atoms with van der Waals surface area (Å²) >= 11 is 4.14. The number of hydrogen-bond acceptors (Lipinski definition) is 0. The van der Waals surface area contributed by atoms with Crippen LogP contribution >= 0.6 is 0 Å². The molecule has 14 heavy (non-hydrogen) atoms. The SMILES string of the molecule is C1=C\C=C/C=C\C=C/1.[Co][C]1=CC=CC1. The predicted molar refractivity (Wildman–Crippen MR) is 58.4 cm³/mol. The molecule has 0 fully saturated rings. The van der Waals surface area contributed by atoms with Gasteiger partial charge in [0.2, 0.25) is 0 Å². The number of hydrogen-bond donors (Lipinski definition) is 0. The van der Waals surface area contributed by atoms with Crippen LogP contribution in [0.15, 0.2) is 71.3 Å². The van der Waals surface area contributed by atoms with E-state index in [1.54, 1.807) is 0 Å². The first-order chi connectivity index (χ1) is 6.89. The number of rotatable bonds is 0. The summed E-state index contributed by atoms with van der Waals surface area (Å²) in [5.74, 6) is 0. The second kappa shape index (κ2) is 7.36. The summed E-state index contributed by atoms with van der Waals surface area (Å²) in [5, 5.41) is 0. The van der Waals surface area contributed by atoms with Gasteiger partial charge in [-0.1, -0.05) is 48.6 Å². The second-order valence-electron chi connectivity index (χ2n) is 2.76. The third-order valence-electron chi connectivity index (χ3n) is 1.60. The summed E-state index contributed by atoms with van der Waals surface area (Å²) < 4.78 is 1.16. The molecular weight excluding hydrogens is 215 g/mol. The average molecular weight is 228 g/mol. The maximum absolute atomic E-state index is 4.14. The third-order valence-corrected chi connectivity index (χ3v) is 1.98. The molecular formula is C13H13Co. The predicted octanol–water partition coefficient (Wildman–Crippen LogP) is 3.60.